The summed E-state index contributed by atoms with van der Waals surface area (Å²) in [5.74, 6) is -3.86. The molecule has 1 aliphatic rings. The molecule has 0 bridgehead atoms. The number of aliphatic hydroxyl groups is 1. The number of nitrogens with one attached hydrogen (secondary N) is 4. The molecule has 1 fully saturated rings. The molecule has 2 rings (SSSR count). The van der Waals surface area contributed by atoms with E-state index in [0.29, 0.717) is 38.6 Å². The Balaban J connectivity index is 2.05. The van der Waals surface area contributed by atoms with Crippen LogP contribution in [-0.2, 0) is 68.4 Å². The molecule has 1 saturated heterocycles. The molecule has 0 aliphatic carbocycles. The number of likely N-dealkylation sites (tertiary alicyclic amines) is 1. The smallest absolute Gasteiger partial charge is 0.328 e. The maximum Gasteiger partial charge on any atom is 0.328 e. The fourth-order valence-electron chi connectivity index (χ4n) is 10.1. The molecule has 20 nitrogen and oxygen atoms in total. The summed E-state index contributed by atoms with van der Waals surface area (Å²) in [5, 5.41) is 21.7. The van der Waals surface area contributed by atoms with E-state index in [1.807, 2.05) is 125 Å². The lowest BCUT2D eigenvalue weighted by atomic mass is 9.89. The lowest BCUT2D eigenvalue weighted by Gasteiger charge is -2.37. The molecule has 0 spiro atoms. The minimum atomic E-state index is -1.06. The van der Waals surface area contributed by atoms with Crippen LogP contribution in [0, 0.1) is 29.1 Å². The lowest BCUT2D eigenvalue weighted by Crippen LogP contribution is -2.59. The standard InChI is InChI=1S/C59H102N6O14/c1-17-40(8)52(63-56(71)51(37(2)3)62-57(72)53(38(4)5)64(13)14)46(74-15)33-48(68)65-30-22-26-45(65)54(75-16)41(9)55(70)61-44(32-42-24-19-18-20-25-42)58(73)76-31-23-29-60-47(67)27-21-28-49(69)77-36-50(78-39(6)7)79-43(35-66)34-59(10,11)12/h18-20,24-25,37-41,43-46,50-54,66H,17,21-23,26-36H2,1-16H3,(H,60,67)(H,61,70)(H,62,72)(H,63,71). The first-order valence-corrected chi connectivity index (χ1v) is 28.6. The quantitative estimate of drug-likeness (QED) is 0.0320. The van der Waals surface area contributed by atoms with Crippen LogP contribution in [0.15, 0.2) is 30.3 Å². The van der Waals surface area contributed by atoms with E-state index in [1.54, 1.807) is 11.8 Å². The number of amides is 5. The SMILES string of the molecule is CCC(C)C(NC(=O)C(NC(=O)C(C(C)C)N(C)C)C(C)C)C(CC(=O)N1CCCC1C(OC)C(C)C(=O)NC(Cc1ccccc1)C(=O)OCCCNC(=O)CCCC(=O)OCC(OC(C)C)OC(CO)CC(C)(C)C)OC. The molecule has 1 heterocycles. The number of nitrogens with zero attached hydrogens (tertiary/aromatic N) is 2. The third kappa shape index (κ3) is 25.3. The molecular weight excluding hydrogens is 1020 g/mol. The Morgan fingerprint density at radius 3 is 2.04 bits per heavy atom. The lowest BCUT2D eigenvalue weighted by molar-refractivity contribution is -0.220. The van der Waals surface area contributed by atoms with E-state index in [4.69, 9.17) is 28.4 Å². The van der Waals surface area contributed by atoms with Gasteiger partial charge in [-0.15, -0.1) is 0 Å². The number of methoxy groups -OCH3 is 2. The van der Waals surface area contributed by atoms with Gasteiger partial charge < -0.3 is 59.7 Å². The van der Waals surface area contributed by atoms with E-state index in [2.05, 4.69) is 21.3 Å². The van der Waals surface area contributed by atoms with E-state index < -0.39 is 78.6 Å². The molecule has 11 unspecified atom stereocenters. The number of benzene rings is 1. The Morgan fingerprint density at radius 2 is 1.48 bits per heavy atom. The molecule has 11 atom stereocenters. The third-order valence-electron chi connectivity index (χ3n) is 14.3. The first-order valence-electron chi connectivity index (χ1n) is 28.6. The van der Waals surface area contributed by atoms with Gasteiger partial charge in [-0.1, -0.05) is 106 Å². The zero-order chi connectivity index (χ0) is 59.6. The Bertz CT molecular complexity index is 1990. The van der Waals surface area contributed by atoms with E-state index in [1.165, 1.54) is 14.2 Å². The minimum Gasteiger partial charge on any atom is -0.464 e. The summed E-state index contributed by atoms with van der Waals surface area (Å²) in [6.07, 6.45) is 0.172. The first kappa shape index (κ1) is 70.4. The molecule has 20 heteroatoms. The molecule has 5 amide bonds. The van der Waals surface area contributed by atoms with Crippen molar-refractivity contribution >= 4 is 41.5 Å². The monoisotopic (exact) mass is 1120 g/mol. The van der Waals surface area contributed by atoms with Crippen LogP contribution in [0.1, 0.15) is 146 Å². The van der Waals surface area contributed by atoms with Gasteiger partial charge in [-0.2, -0.15) is 0 Å². The summed E-state index contributed by atoms with van der Waals surface area (Å²) in [6, 6.07) is 5.84. The highest BCUT2D eigenvalue weighted by molar-refractivity contribution is 5.90. The number of carbonyl (C=O) groups excluding carboxylic acids is 7. The first-order chi connectivity index (χ1) is 37.2. The highest BCUT2D eigenvalue weighted by Gasteiger charge is 2.43. The zero-order valence-electron chi connectivity index (χ0n) is 50.7. The van der Waals surface area contributed by atoms with Crippen molar-refractivity contribution in [2.75, 3.05) is 61.2 Å². The Morgan fingerprint density at radius 1 is 0.810 bits per heavy atom. The van der Waals surface area contributed by atoms with Crippen LogP contribution in [0.4, 0.5) is 0 Å². The molecule has 0 radical (unpaired) electrons. The van der Waals surface area contributed by atoms with Crippen LogP contribution >= 0.6 is 0 Å². The van der Waals surface area contributed by atoms with Crippen molar-refractivity contribution in [2.45, 2.75) is 208 Å². The van der Waals surface area contributed by atoms with Crippen LogP contribution in [0.3, 0.4) is 0 Å². The number of likely N-dealkylation sites (N-methyl/N-ethyl adjacent to an activating group) is 1. The largest absolute Gasteiger partial charge is 0.464 e. The minimum absolute atomic E-state index is 0.00313. The van der Waals surface area contributed by atoms with Gasteiger partial charge >= 0.3 is 11.9 Å². The highest BCUT2D eigenvalue weighted by atomic mass is 16.7. The number of aliphatic hydroxyl groups excluding tert-OH is 1. The van der Waals surface area contributed by atoms with Crippen molar-refractivity contribution in [3.8, 4) is 0 Å². The van der Waals surface area contributed by atoms with Crippen molar-refractivity contribution < 1.29 is 67.1 Å². The van der Waals surface area contributed by atoms with E-state index in [-0.39, 0.29) is 111 Å². The number of esters is 2. The van der Waals surface area contributed by atoms with Gasteiger partial charge in [0, 0.05) is 46.6 Å². The predicted molar refractivity (Wildman–Crippen MR) is 302 cm³/mol. The molecule has 1 aromatic rings. The summed E-state index contributed by atoms with van der Waals surface area (Å²) in [5.41, 5.74) is 0.694. The van der Waals surface area contributed by atoms with Crippen LogP contribution in [-0.4, -0.2) is 179 Å². The van der Waals surface area contributed by atoms with Gasteiger partial charge in [0.25, 0.3) is 0 Å². The molecule has 1 aliphatic heterocycles. The Kier molecular flexibility index (Phi) is 32.0. The van der Waals surface area contributed by atoms with E-state index in [9.17, 15) is 38.7 Å². The second-order valence-corrected chi connectivity index (χ2v) is 23.5. The number of hydrogen-bond acceptors (Lipinski definition) is 15. The molecule has 5 N–H and O–H groups in total. The van der Waals surface area contributed by atoms with Crippen molar-refractivity contribution in [3.05, 3.63) is 35.9 Å². The number of carbonyl (C=O) groups is 7. The normalized spacial score (nSPS) is 17.7. The van der Waals surface area contributed by atoms with Crippen molar-refractivity contribution in [2.24, 2.45) is 29.1 Å². The fourth-order valence-corrected chi connectivity index (χ4v) is 10.1. The molecule has 1 aromatic carbocycles. The van der Waals surface area contributed by atoms with Gasteiger partial charge in [0.1, 0.15) is 18.7 Å². The van der Waals surface area contributed by atoms with Crippen LogP contribution < -0.4 is 21.3 Å². The zero-order valence-corrected chi connectivity index (χ0v) is 50.7. The highest BCUT2D eigenvalue weighted by Crippen LogP contribution is 2.29. The topological polar surface area (TPSA) is 250 Å². The van der Waals surface area contributed by atoms with E-state index >= 15 is 0 Å². The van der Waals surface area contributed by atoms with Gasteiger partial charge in [-0.05, 0) is 88.8 Å². The number of hydrogen-bond donors (Lipinski definition) is 5. The summed E-state index contributed by atoms with van der Waals surface area (Å²) in [4.78, 5) is 98.5. The molecule has 0 aromatic heterocycles. The Labute approximate surface area is 472 Å². The van der Waals surface area contributed by atoms with Gasteiger partial charge in [0.05, 0.1) is 68.1 Å². The van der Waals surface area contributed by atoms with Crippen molar-refractivity contribution in [3.63, 3.8) is 0 Å². The maximum absolute atomic E-state index is 14.4. The van der Waals surface area contributed by atoms with E-state index in [0.717, 1.165) is 5.56 Å². The summed E-state index contributed by atoms with van der Waals surface area (Å²) < 4.78 is 34.7. The third-order valence-corrected chi connectivity index (χ3v) is 14.3. The predicted octanol–water partition coefficient (Wildman–Crippen LogP) is 5.35. The molecular formula is C59H102N6O14. The summed E-state index contributed by atoms with van der Waals surface area (Å²) in [6.45, 7) is 23.4. The fraction of sp³-hybridized carbons (Fsp3) is 0.780. The maximum atomic E-state index is 14.4. The summed E-state index contributed by atoms with van der Waals surface area (Å²) in [7, 11) is 6.68. The average molecular weight is 1120 g/mol. The average Bonchev–Trinajstić information content (AvgIpc) is 3.86. The van der Waals surface area contributed by atoms with Gasteiger partial charge in [-0.25, -0.2) is 4.79 Å². The van der Waals surface area contributed by atoms with Gasteiger partial charge in [-0.3, -0.25) is 33.7 Å². The second-order valence-electron chi connectivity index (χ2n) is 23.5. The van der Waals surface area contributed by atoms with Gasteiger partial charge in [0.2, 0.25) is 29.5 Å². The summed E-state index contributed by atoms with van der Waals surface area (Å²) >= 11 is 0. The van der Waals surface area contributed by atoms with Crippen molar-refractivity contribution in [1.82, 2.24) is 31.1 Å². The van der Waals surface area contributed by atoms with Crippen LogP contribution in [0.25, 0.3) is 0 Å². The molecule has 0 saturated carbocycles. The number of rotatable bonds is 37. The van der Waals surface area contributed by atoms with Crippen LogP contribution in [0.2, 0.25) is 0 Å². The number of ether oxygens (including phenoxy) is 6. The Hall–Kier alpha value is -4.73. The molecule has 452 valence electrons. The second kappa shape index (κ2) is 35.9. The van der Waals surface area contributed by atoms with Crippen LogP contribution in [0.5, 0.6) is 0 Å². The van der Waals surface area contributed by atoms with Crippen molar-refractivity contribution in [1.29, 1.82) is 0 Å². The van der Waals surface area contributed by atoms with Gasteiger partial charge in [0.15, 0.2) is 6.29 Å². The molecule has 79 heavy (non-hydrogen) atoms.